The fourth-order valence-corrected chi connectivity index (χ4v) is 3.95. The van der Waals surface area contributed by atoms with Crippen LogP contribution >= 0.6 is 11.6 Å². The number of halogens is 1. The number of rotatable bonds is 5. The van der Waals surface area contributed by atoms with Gasteiger partial charge >= 0.3 is 0 Å². The van der Waals surface area contributed by atoms with Crippen molar-refractivity contribution in [3.8, 4) is 0 Å². The smallest absolute Gasteiger partial charge is 0.263 e. The first-order valence-corrected chi connectivity index (χ1v) is 10.5. The highest BCUT2D eigenvalue weighted by Gasteiger charge is 2.34. The van der Waals surface area contributed by atoms with Crippen LogP contribution in [-0.2, 0) is 19.0 Å². The third-order valence-electron chi connectivity index (χ3n) is 5.20. The van der Waals surface area contributed by atoms with E-state index >= 15 is 0 Å². The van der Waals surface area contributed by atoms with E-state index in [9.17, 15) is 19.2 Å². The molecule has 8 heteroatoms. The molecule has 0 unspecified atom stereocenters. The van der Waals surface area contributed by atoms with Gasteiger partial charge in [0.05, 0.1) is 16.8 Å². The summed E-state index contributed by atoms with van der Waals surface area (Å²) in [5, 5.41) is -0.396. The van der Waals surface area contributed by atoms with Crippen LogP contribution in [0.3, 0.4) is 0 Å². The van der Waals surface area contributed by atoms with Crippen molar-refractivity contribution < 1.29 is 19.2 Å². The number of carbonyl (C=O) groups is 4. The Bertz CT molecular complexity index is 1210. The van der Waals surface area contributed by atoms with Crippen LogP contribution in [0.15, 0.2) is 72.8 Å². The number of anilines is 1. The minimum Gasteiger partial charge on any atom is -0.718 e. The van der Waals surface area contributed by atoms with Gasteiger partial charge in [-0.3, -0.25) is 24.2 Å². The average molecular weight is 464 g/mol. The lowest BCUT2D eigenvalue weighted by Gasteiger charge is -2.25. The first-order chi connectivity index (χ1) is 15.4. The van der Waals surface area contributed by atoms with E-state index in [1.807, 2.05) is 0 Å². The summed E-state index contributed by atoms with van der Waals surface area (Å²) in [5.74, 6) is -1.32. The highest BCUT2D eigenvalue weighted by molar-refractivity contribution is 7.77. The lowest BCUT2D eigenvalue weighted by molar-refractivity contribution is 0.0656. The highest BCUT2D eigenvalue weighted by Crippen LogP contribution is 2.25. The van der Waals surface area contributed by atoms with Gasteiger partial charge in [-0.2, -0.15) is 0 Å². The summed E-state index contributed by atoms with van der Waals surface area (Å²) < 4.78 is 0. The zero-order valence-corrected chi connectivity index (χ0v) is 18.2. The number of hydrogen-bond acceptors (Lipinski definition) is 5. The van der Waals surface area contributed by atoms with E-state index in [1.165, 1.54) is 17.0 Å². The van der Waals surface area contributed by atoms with Crippen molar-refractivity contribution >= 4 is 52.9 Å². The van der Waals surface area contributed by atoms with E-state index in [0.717, 1.165) is 4.90 Å². The molecule has 1 aliphatic rings. The highest BCUT2D eigenvalue weighted by atomic mass is 35.5. The second kappa shape index (κ2) is 8.90. The van der Waals surface area contributed by atoms with Crippen LogP contribution in [0.5, 0.6) is 0 Å². The molecule has 0 radical (unpaired) electrons. The van der Waals surface area contributed by atoms with Crippen LogP contribution < -0.4 is 4.90 Å². The molecule has 0 aromatic heterocycles. The van der Waals surface area contributed by atoms with Crippen LogP contribution in [0.1, 0.15) is 36.6 Å². The van der Waals surface area contributed by atoms with Gasteiger partial charge in [-0.1, -0.05) is 41.9 Å². The van der Waals surface area contributed by atoms with Gasteiger partial charge < -0.3 is 17.4 Å². The first kappa shape index (κ1) is 21.7. The molecule has 1 aliphatic heterocycles. The van der Waals surface area contributed by atoms with Gasteiger partial charge in [0, 0.05) is 17.1 Å². The number of imide groups is 2. The Morgan fingerprint density at radius 1 is 0.844 bits per heavy atom. The van der Waals surface area contributed by atoms with Gasteiger partial charge in [0.1, 0.15) is 5.24 Å². The van der Waals surface area contributed by atoms with Gasteiger partial charge in [0.15, 0.2) is 0 Å². The molecule has 0 atom stereocenters. The standard InChI is InChI=1S/C24H17ClN2O4S/c25-16-9-11-17(12-10-16)27(24(31)32)23(30)18-6-2-1-5-15(18)13-14-26-21(28)19-7-3-4-8-20(19)22(26)29/h1-12H,13-14H2,(H,31,32)/p-1. The Morgan fingerprint density at radius 2 is 1.41 bits per heavy atom. The SMILES string of the molecule is O=C1c2ccccc2C(=O)N1CCc1ccccc1C(=O)N(C(=O)[S-])c1ccc(Cl)cc1. The molecule has 0 spiro atoms. The summed E-state index contributed by atoms with van der Waals surface area (Å²) in [6, 6.07) is 19.6. The fourth-order valence-electron chi connectivity index (χ4n) is 3.64. The van der Waals surface area contributed by atoms with Gasteiger partial charge in [-0.05, 0) is 54.4 Å². The molecule has 4 amide bonds. The summed E-state index contributed by atoms with van der Waals surface area (Å²) in [4.78, 5) is 52.7. The zero-order valence-electron chi connectivity index (χ0n) is 16.7. The molecule has 4 rings (SSSR count). The predicted molar refractivity (Wildman–Crippen MR) is 123 cm³/mol. The minimum absolute atomic E-state index is 0.0966. The second-order valence-corrected chi connectivity index (χ2v) is 7.88. The number of nitrogens with zero attached hydrogens (tertiary/aromatic N) is 2. The molecular weight excluding hydrogens is 448 g/mol. The van der Waals surface area contributed by atoms with Gasteiger partial charge in [-0.25, -0.2) is 0 Å². The van der Waals surface area contributed by atoms with Crippen molar-refractivity contribution in [2.24, 2.45) is 0 Å². The Kier molecular flexibility index (Phi) is 6.03. The number of carbonyl (C=O) groups excluding carboxylic acids is 4. The zero-order chi connectivity index (χ0) is 22.8. The molecule has 3 aromatic rings. The van der Waals surface area contributed by atoms with Crippen molar-refractivity contribution in [2.75, 3.05) is 11.4 Å². The summed E-state index contributed by atoms with van der Waals surface area (Å²) >= 11 is 10.7. The third-order valence-corrected chi connectivity index (χ3v) is 5.64. The van der Waals surface area contributed by atoms with E-state index < -0.39 is 11.1 Å². The molecule has 160 valence electrons. The van der Waals surface area contributed by atoms with Crippen LogP contribution in [0.4, 0.5) is 10.5 Å². The fraction of sp³-hybridized carbons (Fsp3) is 0.0833. The summed E-state index contributed by atoms with van der Waals surface area (Å²) in [5.41, 5.74) is 1.89. The Balaban J connectivity index is 1.58. The molecule has 32 heavy (non-hydrogen) atoms. The van der Waals surface area contributed by atoms with E-state index in [0.29, 0.717) is 27.4 Å². The predicted octanol–water partition coefficient (Wildman–Crippen LogP) is 4.49. The molecule has 1 heterocycles. The van der Waals surface area contributed by atoms with Crippen molar-refractivity contribution in [3.05, 3.63) is 100 Å². The number of benzene rings is 3. The molecule has 0 saturated heterocycles. The quantitative estimate of drug-likeness (QED) is 0.411. The molecule has 6 nitrogen and oxygen atoms in total. The largest absolute Gasteiger partial charge is 0.718 e. The molecule has 0 N–H and O–H groups in total. The average Bonchev–Trinajstić information content (AvgIpc) is 3.03. The van der Waals surface area contributed by atoms with Crippen molar-refractivity contribution in [2.45, 2.75) is 6.42 Å². The molecule has 0 aliphatic carbocycles. The second-order valence-electron chi connectivity index (χ2n) is 7.10. The maximum absolute atomic E-state index is 13.3. The van der Waals surface area contributed by atoms with Crippen LogP contribution in [-0.4, -0.2) is 34.4 Å². The normalized spacial score (nSPS) is 12.6. The summed E-state index contributed by atoms with van der Waals surface area (Å²) in [6.07, 6.45) is 0.244. The third kappa shape index (κ3) is 4.00. The van der Waals surface area contributed by atoms with Crippen molar-refractivity contribution in [3.63, 3.8) is 0 Å². The Morgan fingerprint density at radius 3 is 2.00 bits per heavy atom. The Labute approximate surface area is 194 Å². The molecular formula is C24H16ClN2O4S-. The van der Waals surface area contributed by atoms with Gasteiger partial charge in [-0.15, -0.1) is 0 Å². The van der Waals surface area contributed by atoms with Crippen LogP contribution in [0.2, 0.25) is 5.02 Å². The van der Waals surface area contributed by atoms with Gasteiger partial charge in [0.25, 0.3) is 17.7 Å². The van der Waals surface area contributed by atoms with E-state index in [2.05, 4.69) is 0 Å². The van der Waals surface area contributed by atoms with E-state index in [4.69, 9.17) is 24.2 Å². The molecule has 0 bridgehead atoms. The van der Waals surface area contributed by atoms with Crippen molar-refractivity contribution in [1.82, 2.24) is 4.90 Å². The maximum Gasteiger partial charge on any atom is 0.263 e. The van der Waals surface area contributed by atoms with E-state index in [1.54, 1.807) is 60.7 Å². The van der Waals surface area contributed by atoms with Crippen LogP contribution in [0.25, 0.3) is 0 Å². The monoisotopic (exact) mass is 463 g/mol. The summed E-state index contributed by atoms with van der Waals surface area (Å²) in [7, 11) is 0. The lowest BCUT2D eigenvalue weighted by Crippen LogP contribution is -2.36. The number of amides is 4. The van der Waals surface area contributed by atoms with E-state index in [-0.39, 0.29) is 30.3 Å². The summed E-state index contributed by atoms with van der Waals surface area (Å²) in [6.45, 7) is 0.0966. The first-order valence-electron chi connectivity index (χ1n) is 9.72. The topological polar surface area (TPSA) is 74.8 Å². The number of hydrogen-bond donors (Lipinski definition) is 0. The maximum atomic E-state index is 13.3. The molecule has 0 saturated carbocycles. The molecule has 0 fully saturated rings. The van der Waals surface area contributed by atoms with Gasteiger partial charge in [0.2, 0.25) is 0 Å². The van der Waals surface area contributed by atoms with Crippen LogP contribution in [0, 0.1) is 0 Å². The minimum atomic E-state index is -0.854. The Hall–Kier alpha value is -3.55. The molecule has 3 aromatic carbocycles. The lowest BCUT2D eigenvalue weighted by atomic mass is 10.0. The number of fused-ring (bicyclic) bond motifs is 1. The van der Waals surface area contributed by atoms with Crippen molar-refractivity contribution in [1.29, 1.82) is 0 Å².